The van der Waals surface area contributed by atoms with E-state index in [0.29, 0.717) is 0 Å². The van der Waals surface area contributed by atoms with Crippen LogP contribution in [-0.4, -0.2) is 28.3 Å². The van der Waals surface area contributed by atoms with Gasteiger partial charge in [0.1, 0.15) is 0 Å². The molecule has 4 heteroatoms. The maximum Gasteiger partial charge on any atom is 0.166 e. The second kappa shape index (κ2) is 3.05. The van der Waals surface area contributed by atoms with E-state index in [2.05, 4.69) is 0 Å². The minimum atomic E-state index is -1.46. The van der Waals surface area contributed by atoms with Gasteiger partial charge in [-0.1, -0.05) is 0 Å². The molecule has 0 aliphatic rings. The van der Waals surface area contributed by atoms with Crippen LogP contribution in [0.4, 0.5) is 0 Å². The zero-order valence-corrected chi connectivity index (χ0v) is 3.13. The second-order valence-electron chi connectivity index (χ2n) is 0.843. The van der Waals surface area contributed by atoms with Gasteiger partial charge in [-0.05, 0) is 0 Å². The Morgan fingerprint density at radius 3 is 2.00 bits per heavy atom. The van der Waals surface area contributed by atoms with Gasteiger partial charge in [0, 0.05) is 0 Å². The highest BCUT2D eigenvalue weighted by molar-refractivity contribution is 4.30. The third kappa shape index (κ3) is 3.84. The Balaban J connectivity index is 2.63. The summed E-state index contributed by atoms with van der Waals surface area (Å²) in [5.41, 5.74) is 1.57. The van der Waals surface area contributed by atoms with Gasteiger partial charge in [0.05, 0.1) is 6.54 Å². The third-order valence-corrected chi connectivity index (χ3v) is 0.274. The molecule has 0 aliphatic carbocycles. The topological polar surface area (TPSA) is 72.7 Å². The molecule has 0 heterocycles. The molecule has 38 valence electrons. The Morgan fingerprint density at radius 1 is 1.50 bits per heavy atom. The molecule has 0 bridgehead atoms. The molecule has 0 spiro atoms. The summed E-state index contributed by atoms with van der Waals surface area (Å²) in [6, 6.07) is 0. The summed E-state index contributed by atoms with van der Waals surface area (Å²) >= 11 is 0. The first kappa shape index (κ1) is 5.84. The van der Waals surface area contributed by atoms with Crippen LogP contribution in [0.2, 0.25) is 0 Å². The van der Waals surface area contributed by atoms with Gasteiger partial charge in [0.15, 0.2) is 6.29 Å². The van der Waals surface area contributed by atoms with Gasteiger partial charge in [-0.2, -0.15) is 0 Å². The van der Waals surface area contributed by atoms with Crippen molar-refractivity contribution >= 4 is 0 Å². The van der Waals surface area contributed by atoms with Crippen molar-refractivity contribution < 1.29 is 15.4 Å². The van der Waals surface area contributed by atoms with Crippen molar-refractivity contribution in [3.8, 4) is 0 Å². The highest BCUT2D eigenvalue weighted by atomic mass is 16.5. The number of rotatable bonds is 2. The lowest BCUT2D eigenvalue weighted by Crippen LogP contribution is -2.22. The van der Waals surface area contributed by atoms with Crippen molar-refractivity contribution in [1.29, 1.82) is 0 Å². The molecule has 0 saturated heterocycles. The molecule has 0 rings (SSSR count). The molecule has 4 N–H and O–H groups in total. The predicted octanol–water partition coefficient (Wildman–Crippen LogP) is -1.72. The molecule has 0 fully saturated rings. The van der Waals surface area contributed by atoms with Crippen molar-refractivity contribution in [3.63, 3.8) is 0 Å². The first-order valence-corrected chi connectivity index (χ1v) is 1.50. The van der Waals surface area contributed by atoms with Gasteiger partial charge in [-0.15, -0.1) is 0 Å². The van der Waals surface area contributed by atoms with E-state index in [4.69, 9.17) is 15.4 Å². The van der Waals surface area contributed by atoms with E-state index in [1.807, 2.05) is 0 Å². The lowest BCUT2D eigenvalue weighted by Gasteiger charge is -1.96. The summed E-state index contributed by atoms with van der Waals surface area (Å²) in [6.07, 6.45) is -1.46. The number of hydroxylamine groups is 1. The number of aliphatic hydroxyl groups excluding tert-OH is 1. The normalized spacial score (nSPS) is 10.0. The van der Waals surface area contributed by atoms with Gasteiger partial charge in [-0.25, -0.2) is 5.48 Å². The fourth-order valence-electron chi connectivity index (χ4n) is 0.0816. The highest BCUT2D eigenvalue weighted by Crippen LogP contribution is 1.63. The van der Waals surface area contributed by atoms with Crippen LogP contribution in [0.3, 0.4) is 0 Å². The monoisotopic (exact) mass is 93.0 g/mol. The van der Waals surface area contributed by atoms with Crippen molar-refractivity contribution in [2.75, 3.05) is 6.54 Å². The van der Waals surface area contributed by atoms with E-state index < -0.39 is 6.29 Å². The van der Waals surface area contributed by atoms with E-state index >= 15 is 0 Å². The molecule has 0 saturated carbocycles. The van der Waals surface area contributed by atoms with Crippen molar-refractivity contribution in [3.05, 3.63) is 0 Å². The molecule has 0 aromatic carbocycles. The fourth-order valence-corrected chi connectivity index (χ4v) is 0.0816. The summed E-state index contributed by atoms with van der Waals surface area (Å²) in [5, 5.41) is 23.4. The molecule has 0 aromatic heterocycles. The summed E-state index contributed by atoms with van der Waals surface area (Å²) in [6.45, 7) is -0.208. The molecule has 0 atom stereocenters. The van der Waals surface area contributed by atoms with Crippen molar-refractivity contribution in [2.24, 2.45) is 0 Å². The van der Waals surface area contributed by atoms with Gasteiger partial charge in [-0.3, -0.25) is 0 Å². The highest BCUT2D eigenvalue weighted by Gasteiger charge is 1.89. The van der Waals surface area contributed by atoms with Crippen LogP contribution in [0.1, 0.15) is 0 Å². The summed E-state index contributed by atoms with van der Waals surface area (Å²) < 4.78 is 0. The molecule has 0 aliphatic heterocycles. The van der Waals surface area contributed by atoms with Crippen LogP contribution in [0.15, 0.2) is 0 Å². The van der Waals surface area contributed by atoms with E-state index in [1.165, 1.54) is 0 Å². The van der Waals surface area contributed by atoms with Gasteiger partial charge < -0.3 is 15.4 Å². The predicted molar refractivity (Wildman–Crippen MR) is 18.0 cm³/mol. The fraction of sp³-hybridized carbons (Fsp3) is 1.00. The van der Waals surface area contributed by atoms with Crippen LogP contribution in [-0.2, 0) is 0 Å². The SMILES string of the molecule is ONCC(O)O. The first-order valence-electron chi connectivity index (χ1n) is 1.50. The first-order chi connectivity index (χ1) is 2.77. The Kier molecular flexibility index (Phi) is 2.97. The average molecular weight is 93.1 g/mol. The van der Waals surface area contributed by atoms with E-state index in [0.717, 1.165) is 0 Å². The largest absolute Gasteiger partial charge is 0.367 e. The molecular weight excluding hydrogens is 86.0 g/mol. The number of hydrogen-bond acceptors (Lipinski definition) is 4. The van der Waals surface area contributed by atoms with Crippen molar-refractivity contribution in [2.45, 2.75) is 6.29 Å². The number of hydrogen-bond donors (Lipinski definition) is 4. The summed E-state index contributed by atoms with van der Waals surface area (Å²) in [5.74, 6) is 0. The molecule has 0 unspecified atom stereocenters. The zero-order chi connectivity index (χ0) is 4.99. The third-order valence-electron chi connectivity index (χ3n) is 0.274. The lowest BCUT2D eigenvalue weighted by atomic mass is 10.7. The molecule has 6 heavy (non-hydrogen) atoms. The van der Waals surface area contributed by atoms with Crippen LogP contribution >= 0.6 is 0 Å². The van der Waals surface area contributed by atoms with Gasteiger partial charge >= 0.3 is 0 Å². The smallest absolute Gasteiger partial charge is 0.166 e. The lowest BCUT2D eigenvalue weighted by molar-refractivity contribution is -0.0580. The van der Waals surface area contributed by atoms with Crippen LogP contribution in [0.25, 0.3) is 0 Å². The zero-order valence-electron chi connectivity index (χ0n) is 3.13. The maximum atomic E-state index is 7.89. The number of aliphatic hydroxyl groups is 2. The van der Waals surface area contributed by atoms with E-state index in [1.54, 1.807) is 5.48 Å². The van der Waals surface area contributed by atoms with Crippen molar-refractivity contribution in [1.82, 2.24) is 5.48 Å². The minimum absolute atomic E-state index is 0.208. The summed E-state index contributed by atoms with van der Waals surface area (Å²) in [7, 11) is 0. The Labute approximate surface area is 35.0 Å². The van der Waals surface area contributed by atoms with Crippen LogP contribution in [0.5, 0.6) is 0 Å². The molecular formula is C2H7NO3. The number of nitrogens with one attached hydrogen (secondary N) is 1. The van der Waals surface area contributed by atoms with Crippen LogP contribution < -0.4 is 5.48 Å². The molecule has 4 nitrogen and oxygen atoms in total. The van der Waals surface area contributed by atoms with Gasteiger partial charge in [0.2, 0.25) is 0 Å². The molecule has 0 amide bonds. The Hall–Kier alpha value is -0.160. The second-order valence-corrected chi connectivity index (χ2v) is 0.843. The Bertz CT molecular complexity index is 30.0. The maximum absolute atomic E-state index is 7.89. The minimum Gasteiger partial charge on any atom is -0.367 e. The van der Waals surface area contributed by atoms with E-state index in [-0.39, 0.29) is 6.54 Å². The molecule has 0 aromatic rings. The van der Waals surface area contributed by atoms with E-state index in [9.17, 15) is 0 Å². The van der Waals surface area contributed by atoms with Gasteiger partial charge in [0.25, 0.3) is 0 Å². The summed E-state index contributed by atoms with van der Waals surface area (Å²) in [4.78, 5) is 0. The van der Waals surface area contributed by atoms with Crippen LogP contribution in [0, 0.1) is 0 Å². The Morgan fingerprint density at radius 2 is 2.00 bits per heavy atom. The standard InChI is InChI=1S/C2H7NO3/c4-2(5)1-3-6/h2-6H,1H2. The average Bonchev–Trinajstić information content (AvgIpc) is 1.35. The molecule has 0 radical (unpaired) electrons. The quantitative estimate of drug-likeness (QED) is 0.242.